The van der Waals surface area contributed by atoms with E-state index in [-0.39, 0.29) is 43.4 Å². The molecule has 0 amide bonds. The van der Waals surface area contributed by atoms with Crippen molar-refractivity contribution in [3.63, 3.8) is 0 Å². The van der Waals surface area contributed by atoms with Gasteiger partial charge in [0.2, 0.25) is 0 Å². The van der Waals surface area contributed by atoms with Gasteiger partial charge in [-0.05, 0) is 13.8 Å². The molecule has 0 rings (SSSR count). The minimum Gasteiger partial charge on any atom is -1.00 e. The standard InChI is InChI=1S/C3H6O.Al.Li.4H/c1-3(2)4;;;;;;/h1-2H3;;;;;;/q;;+1;;;;-1. The zero-order valence-electron chi connectivity index (χ0n) is 4.91. The maximum Gasteiger partial charge on any atom is 1.00 e. The Morgan fingerprint density at radius 1 is 1.50 bits per heavy atom. The molecule has 6 heavy (non-hydrogen) atoms. The first-order valence-electron chi connectivity index (χ1n) is 1.20. The largest absolute Gasteiger partial charge is 1.00 e. The molecule has 0 aromatic rings. The zero-order valence-corrected chi connectivity index (χ0v) is 3.91. The summed E-state index contributed by atoms with van der Waals surface area (Å²) in [5.74, 6) is 0.167. The first-order valence-corrected chi connectivity index (χ1v) is 1.20. The smallest absolute Gasteiger partial charge is 1.00 e. The van der Waals surface area contributed by atoms with Gasteiger partial charge in [-0.1, -0.05) is 0 Å². The average Bonchev–Trinajstić information content (AvgIpc) is 0.811. The molecule has 0 bridgehead atoms. The van der Waals surface area contributed by atoms with Gasteiger partial charge in [0, 0.05) is 0 Å². The van der Waals surface area contributed by atoms with Crippen LogP contribution in [0.5, 0.6) is 0 Å². The molecule has 0 aromatic heterocycles. The Balaban J connectivity index is -0.0000000150. The van der Waals surface area contributed by atoms with Gasteiger partial charge in [-0.15, -0.1) is 0 Å². The molecule has 0 unspecified atom stereocenters. The quantitative estimate of drug-likeness (QED) is 0.286. The Kier molecular flexibility index (Phi) is 24.4. The Morgan fingerprint density at radius 3 is 1.50 bits per heavy atom. The van der Waals surface area contributed by atoms with Crippen molar-refractivity contribution in [2.24, 2.45) is 0 Å². The summed E-state index contributed by atoms with van der Waals surface area (Å²) in [5.41, 5.74) is 0. The molecule has 0 spiro atoms. The molecule has 0 saturated heterocycles. The second-order valence-electron chi connectivity index (χ2n) is 0.908. The van der Waals surface area contributed by atoms with Gasteiger partial charge >= 0.3 is 18.9 Å². The Hall–Kier alpha value is 0.800. The van der Waals surface area contributed by atoms with E-state index in [2.05, 4.69) is 0 Å². The van der Waals surface area contributed by atoms with Crippen LogP contribution in [0.25, 0.3) is 0 Å². The van der Waals surface area contributed by atoms with Gasteiger partial charge in [-0.2, -0.15) is 0 Å². The summed E-state index contributed by atoms with van der Waals surface area (Å²) in [7, 11) is 0. The molecular formula is C3H10AlLiO. The molecule has 0 atom stereocenters. The summed E-state index contributed by atoms with van der Waals surface area (Å²) in [6.07, 6.45) is 0. The van der Waals surface area contributed by atoms with Crippen molar-refractivity contribution in [1.82, 2.24) is 0 Å². The molecular weight excluding hydrogens is 86.0 g/mol. The summed E-state index contributed by atoms with van der Waals surface area (Å²) < 4.78 is 0. The number of hydrogen-bond acceptors (Lipinski definition) is 1. The van der Waals surface area contributed by atoms with Gasteiger partial charge in [0.1, 0.15) is 5.78 Å². The van der Waals surface area contributed by atoms with E-state index in [1.54, 1.807) is 0 Å². The molecule has 1 nitrogen and oxygen atoms in total. The monoisotopic (exact) mass is 96.1 g/mol. The number of hydrogen-bond donors (Lipinski definition) is 0. The fourth-order valence-corrected chi connectivity index (χ4v) is 0. The van der Waals surface area contributed by atoms with Crippen LogP contribution in [0.15, 0.2) is 0 Å². The summed E-state index contributed by atoms with van der Waals surface area (Å²) in [4.78, 5) is 9.44. The van der Waals surface area contributed by atoms with Crippen LogP contribution in [0.2, 0.25) is 0 Å². The molecule has 0 aliphatic carbocycles. The van der Waals surface area contributed by atoms with E-state index in [0.717, 1.165) is 0 Å². The Morgan fingerprint density at radius 2 is 1.50 bits per heavy atom. The number of ketones is 1. The van der Waals surface area contributed by atoms with Gasteiger partial charge in [-0.3, -0.25) is 0 Å². The van der Waals surface area contributed by atoms with Gasteiger partial charge in [0.05, 0.1) is 0 Å². The molecule has 32 valence electrons. The molecule has 0 aromatic carbocycles. The zero-order chi connectivity index (χ0) is 3.58. The van der Waals surface area contributed by atoms with E-state index in [9.17, 15) is 4.79 Å². The third-order valence-corrected chi connectivity index (χ3v) is 0. The third-order valence-electron chi connectivity index (χ3n) is 0. The second kappa shape index (κ2) is 9.25. The average molecular weight is 96.0 g/mol. The normalized spacial score (nSPS) is 4.33. The van der Waals surface area contributed by atoms with Crippen LogP contribution in [0.4, 0.5) is 0 Å². The predicted octanol–water partition coefficient (Wildman–Crippen LogP) is -3.47. The maximum absolute atomic E-state index is 9.44. The van der Waals surface area contributed by atoms with Gasteiger partial charge in [-0.25, -0.2) is 0 Å². The van der Waals surface area contributed by atoms with Crippen molar-refractivity contribution in [2.75, 3.05) is 0 Å². The van der Waals surface area contributed by atoms with E-state index in [4.69, 9.17) is 0 Å². The second-order valence-corrected chi connectivity index (χ2v) is 0.908. The SMILES string of the molecule is CC(C)=O.[AlH3].[H-].[Li+]. The maximum atomic E-state index is 9.44. The molecule has 0 radical (unpaired) electrons. The van der Waals surface area contributed by atoms with Crippen LogP contribution in [-0.2, 0) is 4.79 Å². The summed E-state index contributed by atoms with van der Waals surface area (Å²) in [6, 6.07) is 0. The van der Waals surface area contributed by atoms with E-state index in [0.29, 0.717) is 0 Å². The van der Waals surface area contributed by atoms with Crippen molar-refractivity contribution in [3.8, 4) is 0 Å². The van der Waals surface area contributed by atoms with Crippen LogP contribution >= 0.6 is 0 Å². The van der Waals surface area contributed by atoms with Crippen molar-refractivity contribution in [1.29, 1.82) is 0 Å². The van der Waals surface area contributed by atoms with Crippen molar-refractivity contribution in [3.05, 3.63) is 0 Å². The van der Waals surface area contributed by atoms with Crippen LogP contribution in [0.3, 0.4) is 0 Å². The van der Waals surface area contributed by atoms with E-state index in [1.165, 1.54) is 13.8 Å². The Bertz CT molecular complexity index is 37.9. The fourth-order valence-electron chi connectivity index (χ4n) is 0. The van der Waals surface area contributed by atoms with E-state index < -0.39 is 0 Å². The van der Waals surface area contributed by atoms with Crippen LogP contribution in [0.1, 0.15) is 15.3 Å². The summed E-state index contributed by atoms with van der Waals surface area (Å²) >= 11 is 0. The molecule has 0 aliphatic heterocycles. The first-order chi connectivity index (χ1) is 1.73. The van der Waals surface area contributed by atoms with Crippen LogP contribution in [0, 0.1) is 0 Å². The summed E-state index contributed by atoms with van der Waals surface area (Å²) in [5, 5.41) is 0. The Labute approximate surface area is 62.3 Å². The van der Waals surface area contributed by atoms with Crippen LogP contribution in [-0.4, -0.2) is 23.1 Å². The van der Waals surface area contributed by atoms with Crippen LogP contribution < -0.4 is 18.9 Å². The fraction of sp³-hybridized carbons (Fsp3) is 0.667. The van der Waals surface area contributed by atoms with E-state index in [1.807, 2.05) is 0 Å². The molecule has 0 aliphatic rings. The number of carbonyl (C=O) groups is 1. The van der Waals surface area contributed by atoms with Gasteiger partial charge in [0.25, 0.3) is 0 Å². The minimum absolute atomic E-state index is 0. The molecule has 0 N–H and O–H groups in total. The molecule has 0 fully saturated rings. The number of carbonyl (C=O) groups excluding carboxylic acids is 1. The molecule has 0 heterocycles. The predicted molar refractivity (Wildman–Crippen MR) is 27.4 cm³/mol. The first kappa shape index (κ1) is 15.8. The minimum atomic E-state index is 0. The topological polar surface area (TPSA) is 17.1 Å². The van der Waals surface area contributed by atoms with Gasteiger partial charge < -0.3 is 6.22 Å². The summed E-state index contributed by atoms with van der Waals surface area (Å²) in [6.45, 7) is 3.06. The van der Waals surface area contributed by atoms with Gasteiger partial charge in [0.15, 0.2) is 17.4 Å². The van der Waals surface area contributed by atoms with Crippen molar-refractivity contribution in [2.45, 2.75) is 13.8 Å². The number of rotatable bonds is 0. The number of Topliss-reactive ketones (excluding diaryl/α,β-unsaturated/α-hetero) is 1. The van der Waals surface area contributed by atoms with Crippen molar-refractivity contribution < 1.29 is 25.1 Å². The van der Waals surface area contributed by atoms with E-state index >= 15 is 0 Å². The molecule has 0 saturated carbocycles. The van der Waals surface area contributed by atoms with Crippen molar-refractivity contribution >= 4 is 23.1 Å². The third kappa shape index (κ3) is 108. The molecule has 3 heteroatoms.